The third kappa shape index (κ3) is 3.94. The zero-order valence-electron chi connectivity index (χ0n) is 12.4. The zero-order valence-corrected chi connectivity index (χ0v) is 13.1. The number of rotatable bonds is 4. The Morgan fingerprint density at radius 2 is 2.19 bits per heavy atom. The second kappa shape index (κ2) is 6.73. The molecule has 2 heterocycles. The van der Waals surface area contributed by atoms with Crippen LogP contribution in [0.15, 0.2) is 30.3 Å². The SMILES string of the molecule is CN(Cc1ccc2cc(Cl)ccc2n1)C[C@@H]1CCCCO1. The molecular formula is C17H21ClN2O. The lowest BCUT2D eigenvalue weighted by molar-refractivity contribution is -0.00273. The molecule has 112 valence electrons. The largest absolute Gasteiger partial charge is 0.377 e. The Kier molecular flexibility index (Phi) is 4.73. The Morgan fingerprint density at radius 1 is 1.29 bits per heavy atom. The lowest BCUT2D eigenvalue weighted by Gasteiger charge is -2.27. The van der Waals surface area contributed by atoms with Crippen LogP contribution in [0.5, 0.6) is 0 Å². The number of ether oxygens (including phenoxy) is 1. The number of benzene rings is 1. The minimum absolute atomic E-state index is 0.378. The molecule has 0 bridgehead atoms. The molecule has 2 aromatic rings. The van der Waals surface area contributed by atoms with Gasteiger partial charge < -0.3 is 4.74 Å². The van der Waals surface area contributed by atoms with Gasteiger partial charge in [0.25, 0.3) is 0 Å². The molecule has 1 saturated heterocycles. The quantitative estimate of drug-likeness (QED) is 0.857. The maximum Gasteiger partial charge on any atom is 0.0706 e. The number of likely N-dealkylation sites (N-methyl/N-ethyl adjacent to an activating group) is 1. The van der Waals surface area contributed by atoms with Crippen molar-refractivity contribution in [2.45, 2.75) is 31.9 Å². The van der Waals surface area contributed by atoms with Crippen LogP contribution in [0.4, 0.5) is 0 Å². The van der Waals surface area contributed by atoms with Gasteiger partial charge in [0.15, 0.2) is 0 Å². The van der Waals surface area contributed by atoms with Crippen LogP contribution >= 0.6 is 11.6 Å². The summed E-state index contributed by atoms with van der Waals surface area (Å²) >= 11 is 6.00. The summed E-state index contributed by atoms with van der Waals surface area (Å²) in [5.74, 6) is 0. The molecule has 1 aliphatic rings. The van der Waals surface area contributed by atoms with Crippen molar-refractivity contribution in [3.8, 4) is 0 Å². The van der Waals surface area contributed by atoms with E-state index < -0.39 is 0 Å². The van der Waals surface area contributed by atoms with Gasteiger partial charge >= 0.3 is 0 Å². The van der Waals surface area contributed by atoms with Crippen molar-refractivity contribution >= 4 is 22.5 Å². The highest BCUT2D eigenvalue weighted by molar-refractivity contribution is 6.31. The van der Waals surface area contributed by atoms with Crippen LogP contribution in [0.2, 0.25) is 5.02 Å². The molecule has 0 saturated carbocycles. The monoisotopic (exact) mass is 304 g/mol. The van der Waals surface area contributed by atoms with Crippen LogP contribution in [0, 0.1) is 0 Å². The van der Waals surface area contributed by atoms with E-state index >= 15 is 0 Å². The van der Waals surface area contributed by atoms with Crippen molar-refractivity contribution in [1.29, 1.82) is 0 Å². The summed E-state index contributed by atoms with van der Waals surface area (Å²) < 4.78 is 5.79. The van der Waals surface area contributed by atoms with Crippen molar-refractivity contribution in [3.05, 3.63) is 41.0 Å². The van der Waals surface area contributed by atoms with E-state index in [1.165, 1.54) is 19.3 Å². The number of hydrogen-bond acceptors (Lipinski definition) is 3. The fourth-order valence-corrected chi connectivity index (χ4v) is 3.05. The van der Waals surface area contributed by atoms with Crippen molar-refractivity contribution in [1.82, 2.24) is 9.88 Å². The number of hydrogen-bond donors (Lipinski definition) is 0. The summed E-state index contributed by atoms with van der Waals surface area (Å²) in [5.41, 5.74) is 2.09. The number of nitrogens with zero attached hydrogens (tertiary/aromatic N) is 2. The smallest absolute Gasteiger partial charge is 0.0706 e. The minimum atomic E-state index is 0.378. The van der Waals surface area contributed by atoms with Gasteiger partial charge in [0, 0.05) is 30.1 Å². The Morgan fingerprint density at radius 3 is 3.00 bits per heavy atom. The van der Waals surface area contributed by atoms with E-state index in [0.717, 1.165) is 41.3 Å². The molecule has 21 heavy (non-hydrogen) atoms. The molecular weight excluding hydrogens is 284 g/mol. The topological polar surface area (TPSA) is 25.4 Å². The lowest BCUT2D eigenvalue weighted by Crippen LogP contribution is -2.33. The van der Waals surface area contributed by atoms with Crippen LogP contribution in [-0.4, -0.2) is 36.2 Å². The summed E-state index contributed by atoms with van der Waals surface area (Å²) in [6, 6.07) is 9.99. The van der Waals surface area contributed by atoms with Crippen molar-refractivity contribution in [3.63, 3.8) is 0 Å². The van der Waals surface area contributed by atoms with Gasteiger partial charge in [-0.2, -0.15) is 0 Å². The van der Waals surface area contributed by atoms with Gasteiger partial charge in [0.1, 0.15) is 0 Å². The fraction of sp³-hybridized carbons (Fsp3) is 0.471. The van der Waals surface area contributed by atoms with E-state index in [1.54, 1.807) is 0 Å². The first-order valence-electron chi connectivity index (χ1n) is 7.56. The van der Waals surface area contributed by atoms with Gasteiger partial charge in [-0.25, -0.2) is 0 Å². The van der Waals surface area contributed by atoms with E-state index in [9.17, 15) is 0 Å². The first-order valence-corrected chi connectivity index (χ1v) is 7.94. The average molecular weight is 305 g/mol. The lowest BCUT2D eigenvalue weighted by atomic mass is 10.1. The Hall–Kier alpha value is -1.16. The minimum Gasteiger partial charge on any atom is -0.377 e. The van der Waals surface area contributed by atoms with E-state index in [2.05, 4.69) is 24.1 Å². The van der Waals surface area contributed by atoms with Gasteiger partial charge in [-0.1, -0.05) is 17.7 Å². The van der Waals surface area contributed by atoms with Gasteiger partial charge in [-0.05, 0) is 50.6 Å². The summed E-state index contributed by atoms with van der Waals surface area (Å²) in [6.45, 7) is 2.73. The second-order valence-electron chi connectivity index (χ2n) is 5.82. The highest BCUT2D eigenvalue weighted by Crippen LogP contribution is 2.19. The molecule has 1 aromatic heterocycles. The number of aromatic nitrogens is 1. The fourth-order valence-electron chi connectivity index (χ4n) is 2.87. The molecule has 1 atom stereocenters. The molecule has 0 N–H and O–H groups in total. The van der Waals surface area contributed by atoms with Gasteiger partial charge in [-0.15, -0.1) is 0 Å². The normalized spacial score (nSPS) is 19.3. The molecule has 0 aliphatic carbocycles. The van der Waals surface area contributed by atoms with Gasteiger partial charge in [0.05, 0.1) is 17.3 Å². The number of halogens is 1. The van der Waals surface area contributed by atoms with Gasteiger partial charge in [-0.3, -0.25) is 9.88 Å². The number of fused-ring (bicyclic) bond motifs is 1. The molecule has 0 unspecified atom stereocenters. The summed E-state index contributed by atoms with van der Waals surface area (Å²) in [7, 11) is 2.13. The van der Waals surface area contributed by atoms with E-state index in [0.29, 0.717) is 6.10 Å². The molecule has 0 amide bonds. The maximum absolute atomic E-state index is 6.00. The van der Waals surface area contributed by atoms with E-state index in [4.69, 9.17) is 21.3 Å². The molecule has 0 radical (unpaired) electrons. The zero-order chi connectivity index (χ0) is 14.7. The summed E-state index contributed by atoms with van der Waals surface area (Å²) in [5, 5.41) is 1.84. The molecule has 4 heteroatoms. The third-order valence-corrected chi connectivity index (χ3v) is 4.17. The number of pyridine rings is 1. The van der Waals surface area contributed by atoms with Crippen molar-refractivity contribution in [2.24, 2.45) is 0 Å². The molecule has 1 aliphatic heterocycles. The molecule has 1 aromatic carbocycles. The Bertz CT molecular complexity index is 611. The van der Waals surface area contributed by atoms with Crippen LogP contribution in [-0.2, 0) is 11.3 Å². The highest BCUT2D eigenvalue weighted by atomic mass is 35.5. The molecule has 3 nitrogen and oxygen atoms in total. The standard InChI is InChI=1S/C17H21ClN2O/c1-20(12-16-4-2-3-9-21-16)11-15-7-5-13-10-14(18)6-8-17(13)19-15/h5-8,10,16H,2-4,9,11-12H2,1H3/t16-/m0/s1. The molecule has 3 rings (SSSR count). The predicted octanol–water partition coefficient (Wildman–Crippen LogP) is 3.89. The van der Waals surface area contributed by atoms with Gasteiger partial charge in [0.2, 0.25) is 0 Å². The first-order chi connectivity index (χ1) is 10.2. The molecule has 1 fully saturated rings. The van der Waals surface area contributed by atoms with Crippen molar-refractivity contribution < 1.29 is 4.74 Å². The van der Waals surface area contributed by atoms with Crippen LogP contribution < -0.4 is 0 Å². The summed E-state index contributed by atoms with van der Waals surface area (Å²) in [6.07, 6.45) is 4.04. The van der Waals surface area contributed by atoms with Crippen molar-refractivity contribution in [2.75, 3.05) is 20.2 Å². The van der Waals surface area contributed by atoms with E-state index in [-0.39, 0.29) is 0 Å². The van der Waals surface area contributed by atoms with E-state index in [1.807, 2.05) is 18.2 Å². The molecule has 0 spiro atoms. The van der Waals surface area contributed by atoms with Crippen LogP contribution in [0.25, 0.3) is 10.9 Å². The second-order valence-corrected chi connectivity index (χ2v) is 6.26. The highest BCUT2D eigenvalue weighted by Gasteiger charge is 2.16. The van der Waals surface area contributed by atoms with Crippen LogP contribution in [0.3, 0.4) is 0 Å². The third-order valence-electron chi connectivity index (χ3n) is 3.93. The van der Waals surface area contributed by atoms with Crippen LogP contribution in [0.1, 0.15) is 25.0 Å². The predicted molar refractivity (Wildman–Crippen MR) is 86.7 cm³/mol. The average Bonchev–Trinajstić information content (AvgIpc) is 2.48. The first kappa shape index (κ1) is 14.8. The Labute approximate surface area is 130 Å². The Balaban J connectivity index is 1.65. The maximum atomic E-state index is 6.00. The summed E-state index contributed by atoms with van der Waals surface area (Å²) in [4.78, 5) is 7.00.